The number of hydrogen-bond donors (Lipinski definition) is 0. The van der Waals surface area contributed by atoms with Crippen LogP contribution >= 0.6 is 27.5 Å². The minimum Gasteiger partial charge on any atom is -0.344 e. The molecule has 0 aromatic heterocycles. The Morgan fingerprint density at radius 2 is 2.11 bits per heavy atom. The third-order valence-corrected chi connectivity index (χ3v) is 4.05. The van der Waals surface area contributed by atoms with E-state index in [9.17, 15) is 9.59 Å². The number of hydrogen-bond acceptors (Lipinski definition) is 2. The molecule has 1 saturated heterocycles. The summed E-state index contributed by atoms with van der Waals surface area (Å²) in [7, 11) is 1.76. The standard InChI is InChI=1S/C13H14BrClN2O2/c1-16-5-2-6-17(8-12(16)18)13(19)10-7-9(15)3-4-11(10)14/h3-4,7H,2,5-6,8H2,1H3. The van der Waals surface area contributed by atoms with Crippen LogP contribution in [-0.2, 0) is 4.79 Å². The molecule has 4 nitrogen and oxygen atoms in total. The van der Waals surface area contributed by atoms with Gasteiger partial charge in [-0.15, -0.1) is 0 Å². The van der Waals surface area contributed by atoms with Crippen molar-refractivity contribution in [3.05, 3.63) is 33.3 Å². The highest BCUT2D eigenvalue weighted by Crippen LogP contribution is 2.23. The van der Waals surface area contributed by atoms with Gasteiger partial charge >= 0.3 is 0 Å². The maximum atomic E-state index is 12.4. The summed E-state index contributed by atoms with van der Waals surface area (Å²) in [4.78, 5) is 27.5. The number of carbonyl (C=O) groups is 2. The van der Waals surface area contributed by atoms with Crippen LogP contribution in [0.4, 0.5) is 0 Å². The fraction of sp³-hybridized carbons (Fsp3) is 0.385. The SMILES string of the molecule is CN1CCCN(C(=O)c2cc(Cl)ccc2Br)CC1=O. The molecule has 2 amide bonds. The lowest BCUT2D eigenvalue weighted by atomic mass is 10.2. The van der Waals surface area contributed by atoms with Crippen LogP contribution in [-0.4, -0.2) is 48.3 Å². The van der Waals surface area contributed by atoms with Gasteiger partial charge in [-0.25, -0.2) is 0 Å². The Kier molecular flexibility index (Phi) is 4.47. The molecular weight excluding hydrogens is 332 g/mol. The maximum absolute atomic E-state index is 12.4. The molecule has 1 heterocycles. The van der Waals surface area contributed by atoms with Crippen molar-refractivity contribution < 1.29 is 9.59 Å². The van der Waals surface area contributed by atoms with Crippen LogP contribution in [0.1, 0.15) is 16.8 Å². The molecule has 0 aliphatic carbocycles. The monoisotopic (exact) mass is 344 g/mol. The molecule has 0 spiro atoms. The summed E-state index contributed by atoms with van der Waals surface area (Å²) in [6, 6.07) is 5.07. The first-order chi connectivity index (χ1) is 8.99. The molecule has 1 aromatic rings. The van der Waals surface area contributed by atoms with E-state index < -0.39 is 0 Å². The predicted molar refractivity (Wildman–Crippen MR) is 77.3 cm³/mol. The minimum absolute atomic E-state index is 0.0380. The Hall–Kier alpha value is -1.07. The second-order valence-electron chi connectivity index (χ2n) is 4.52. The van der Waals surface area contributed by atoms with E-state index in [0.717, 1.165) is 6.42 Å². The molecule has 0 radical (unpaired) electrons. The van der Waals surface area contributed by atoms with Gasteiger partial charge in [-0.1, -0.05) is 11.6 Å². The second kappa shape index (κ2) is 5.92. The first-order valence-electron chi connectivity index (χ1n) is 5.97. The van der Waals surface area contributed by atoms with Gasteiger partial charge in [-0.2, -0.15) is 0 Å². The second-order valence-corrected chi connectivity index (χ2v) is 5.81. The molecule has 1 aliphatic rings. The largest absolute Gasteiger partial charge is 0.344 e. The minimum atomic E-state index is -0.168. The fourth-order valence-corrected chi connectivity index (χ4v) is 2.58. The van der Waals surface area contributed by atoms with Gasteiger partial charge in [0.1, 0.15) is 6.54 Å². The highest BCUT2D eigenvalue weighted by molar-refractivity contribution is 9.10. The van der Waals surface area contributed by atoms with Crippen LogP contribution in [0.15, 0.2) is 22.7 Å². The third kappa shape index (κ3) is 3.28. The molecular formula is C13H14BrClN2O2. The van der Waals surface area contributed by atoms with Crippen molar-refractivity contribution in [3.8, 4) is 0 Å². The number of nitrogens with zero attached hydrogens (tertiary/aromatic N) is 2. The zero-order chi connectivity index (χ0) is 14.0. The van der Waals surface area contributed by atoms with Gasteiger partial charge < -0.3 is 9.80 Å². The van der Waals surface area contributed by atoms with Crippen LogP contribution in [0.25, 0.3) is 0 Å². The lowest BCUT2D eigenvalue weighted by Gasteiger charge is -2.20. The molecule has 1 aromatic carbocycles. The number of benzene rings is 1. The first-order valence-corrected chi connectivity index (χ1v) is 7.14. The van der Waals surface area contributed by atoms with Gasteiger partial charge in [0, 0.05) is 29.6 Å². The first kappa shape index (κ1) is 14.3. The van der Waals surface area contributed by atoms with Crippen LogP contribution in [0.5, 0.6) is 0 Å². The Morgan fingerprint density at radius 3 is 2.84 bits per heavy atom. The zero-order valence-corrected chi connectivity index (χ0v) is 12.9. The van der Waals surface area contributed by atoms with Crippen molar-refractivity contribution in [2.45, 2.75) is 6.42 Å². The maximum Gasteiger partial charge on any atom is 0.255 e. The molecule has 1 aliphatic heterocycles. The Morgan fingerprint density at radius 1 is 1.37 bits per heavy atom. The van der Waals surface area contributed by atoms with E-state index in [0.29, 0.717) is 28.1 Å². The Labute approximate surface area is 125 Å². The van der Waals surface area contributed by atoms with Gasteiger partial charge in [-0.05, 0) is 40.5 Å². The van der Waals surface area contributed by atoms with Gasteiger partial charge in [-0.3, -0.25) is 9.59 Å². The number of rotatable bonds is 1. The van der Waals surface area contributed by atoms with Crippen LogP contribution in [0, 0.1) is 0 Å². The van der Waals surface area contributed by atoms with Crippen LogP contribution in [0.2, 0.25) is 5.02 Å². The summed E-state index contributed by atoms with van der Waals surface area (Å²) in [5.74, 6) is -0.206. The molecule has 102 valence electrons. The molecule has 0 saturated carbocycles. The summed E-state index contributed by atoms with van der Waals surface area (Å²) in [6.07, 6.45) is 0.784. The normalized spacial score (nSPS) is 16.5. The molecule has 2 rings (SSSR count). The van der Waals surface area contributed by atoms with Crippen molar-refractivity contribution in [2.24, 2.45) is 0 Å². The zero-order valence-electron chi connectivity index (χ0n) is 10.5. The van der Waals surface area contributed by atoms with E-state index in [1.54, 1.807) is 35.0 Å². The van der Waals surface area contributed by atoms with E-state index in [1.807, 2.05) is 0 Å². The van der Waals surface area contributed by atoms with Crippen LogP contribution < -0.4 is 0 Å². The third-order valence-electron chi connectivity index (χ3n) is 3.12. The number of halogens is 2. The van der Waals surface area contributed by atoms with Crippen molar-refractivity contribution in [1.29, 1.82) is 0 Å². The van der Waals surface area contributed by atoms with E-state index in [2.05, 4.69) is 15.9 Å². The summed E-state index contributed by atoms with van der Waals surface area (Å²) in [5.41, 5.74) is 0.491. The molecule has 6 heteroatoms. The van der Waals surface area contributed by atoms with Gasteiger partial charge in [0.2, 0.25) is 5.91 Å². The lowest BCUT2D eigenvalue weighted by molar-refractivity contribution is -0.129. The summed E-state index contributed by atoms with van der Waals surface area (Å²) >= 11 is 9.26. The predicted octanol–water partition coefficient (Wildman–Crippen LogP) is 2.41. The fourth-order valence-electron chi connectivity index (χ4n) is 1.99. The Bertz CT molecular complexity index is 521. The molecule has 19 heavy (non-hydrogen) atoms. The van der Waals surface area contributed by atoms with Crippen molar-refractivity contribution in [3.63, 3.8) is 0 Å². The highest BCUT2D eigenvalue weighted by atomic mass is 79.9. The molecule has 0 N–H and O–H groups in total. The summed E-state index contributed by atoms with van der Waals surface area (Å²) in [5, 5.41) is 0.504. The topological polar surface area (TPSA) is 40.6 Å². The quantitative estimate of drug-likeness (QED) is 0.784. The highest BCUT2D eigenvalue weighted by Gasteiger charge is 2.24. The molecule has 0 bridgehead atoms. The van der Waals surface area contributed by atoms with E-state index in [-0.39, 0.29) is 18.4 Å². The van der Waals surface area contributed by atoms with Gasteiger partial charge in [0.15, 0.2) is 0 Å². The molecule has 1 fully saturated rings. The average Bonchev–Trinajstić information content (AvgIpc) is 2.54. The summed E-state index contributed by atoms with van der Waals surface area (Å²) in [6.45, 7) is 1.38. The van der Waals surface area contributed by atoms with Crippen molar-refractivity contribution in [1.82, 2.24) is 9.80 Å². The summed E-state index contributed by atoms with van der Waals surface area (Å²) < 4.78 is 0.687. The lowest BCUT2D eigenvalue weighted by Crippen LogP contribution is -2.38. The van der Waals surface area contributed by atoms with Crippen LogP contribution in [0.3, 0.4) is 0 Å². The molecule has 0 unspecified atom stereocenters. The van der Waals surface area contributed by atoms with Crippen molar-refractivity contribution in [2.75, 3.05) is 26.7 Å². The van der Waals surface area contributed by atoms with Gasteiger partial charge in [0.25, 0.3) is 5.91 Å². The van der Waals surface area contributed by atoms with E-state index in [1.165, 1.54) is 0 Å². The number of amides is 2. The average molecular weight is 346 g/mol. The Balaban J connectivity index is 2.23. The van der Waals surface area contributed by atoms with E-state index in [4.69, 9.17) is 11.6 Å². The number of carbonyl (C=O) groups excluding carboxylic acids is 2. The smallest absolute Gasteiger partial charge is 0.255 e. The van der Waals surface area contributed by atoms with Crippen molar-refractivity contribution >= 4 is 39.3 Å². The molecule has 0 atom stereocenters. The van der Waals surface area contributed by atoms with Gasteiger partial charge in [0.05, 0.1) is 5.56 Å². The number of likely N-dealkylation sites (N-methyl/N-ethyl adjacent to an activating group) is 1. The van der Waals surface area contributed by atoms with E-state index >= 15 is 0 Å².